The number of halogens is 1. The zero-order valence-corrected chi connectivity index (χ0v) is 16.9. The molecule has 0 radical (unpaired) electrons. The second-order valence-electron chi connectivity index (χ2n) is 6.06. The number of amides is 3. The van der Waals surface area contributed by atoms with E-state index in [1.807, 2.05) is 29.2 Å². The molecule has 1 aromatic carbocycles. The number of anilines is 2. The van der Waals surface area contributed by atoms with Gasteiger partial charge in [0.15, 0.2) is 0 Å². The number of nitrogens with zero attached hydrogens (tertiary/aromatic N) is 4. The summed E-state index contributed by atoms with van der Waals surface area (Å²) in [5.41, 5.74) is 0.727. The Morgan fingerprint density at radius 3 is 2.52 bits per heavy atom. The first-order chi connectivity index (χ1) is 13.1. The van der Waals surface area contributed by atoms with Gasteiger partial charge < -0.3 is 20.4 Å². The lowest BCUT2D eigenvalue weighted by atomic mass is 10.3. The van der Waals surface area contributed by atoms with E-state index in [0.29, 0.717) is 38.7 Å². The number of aromatic nitrogens is 2. The molecule has 0 unspecified atom stereocenters. The van der Waals surface area contributed by atoms with Crippen LogP contribution in [-0.4, -0.2) is 59.5 Å². The minimum Gasteiger partial charge on any atom is -0.339 e. The van der Waals surface area contributed by atoms with Crippen LogP contribution in [0, 0.1) is 3.57 Å². The van der Waals surface area contributed by atoms with Crippen molar-refractivity contribution in [3.05, 3.63) is 46.3 Å². The van der Waals surface area contributed by atoms with E-state index >= 15 is 0 Å². The summed E-state index contributed by atoms with van der Waals surface area (Å²) in [6.07, 6.45) is 3.71. The molecule has 142 valence electrons. The van der Waals surface area contributed by atoms with Gasteiger partial charge in [-0.2, -0.15) is 0 Å². The molecular weight excluding hydrogens is 459 g/mol. The summed E-state index contributed by atoms with van der Waals surface area (Å²) in [5.74, 6) is 0.733. The summed E-state index contributed by atoms with van der Waals surface area (Å²) in [6.45, 7) is 2.97. The predicted octanol–water partition coefficient (Wildman–Crippen LogP) is 1.94. The second-order valence-corrected chi connectivity index (χ2v) is 7.30. The Morgan fingerprint density at radius 1 is 1.07 bits per heavy atom. The Bertz CT molecular complexity index is 780. The quantitative estimate of drug-likeness (QED) is 0.639. The molecule has 0 spiro atoms. The Labute approximate surface area is 171 Å². The highest BCUT2D eigenvalue weighted by molar-refractivity contribution is 14.1. The van der Waals surface area contributed by atoms with Crippen LogP contribution in [0.5, 0.6) is 0 Å². The van der Waals surface area contributed by atoms with Gasteiger partial charge in [-0.3, -0.25) is 4.79 Å². The number of rotatable bonds is 5. The SMILES string of the molecule is O=C(NCCC(=O)N1CCN(c2ncccn2)CC1)Nc1cccc(I)c1. The van der Waals surface area contributed by atoms with Crippen molar-refractivity contribution in [2.45, 2.75) is 6.42 Å². The lowest BCUT2D eigenvalue weighted by Gasteiger charge is -2.34. The third-order valence-corrected chi connectivity index (χ3v) is 4.85. The summed E-state index contributed by atoms with van der Waals surface area (Å²) < 4.78 is 1.04. The molecule has 2 heterocycles. The standard InChI is InChI=1S/C18H21IN6O2/c19-14-3-1-4-15(13-14)23-18(27)22-8-5-16(26)24-9-11-25(12-10-24)17-20-6-2-7-21-17/h1-4,6-7,13H,5,8-12H2,(H2,22,23,27). The number of carbonyl (C=O) groups is 2. The summed E-state index contributed by atoms with van der Waals surface area (Å²) in [6, 6.07) is 9.00. The molecule has 1 aliphatic heterocycles. The Kier molecular flexibility index (Phi) is 6.80. The molecule has 9 heteroatoms. The first-order valence-corrected chi connectivity index (χ1v) is 9.80. The van der Waals surface area contributed by atoms with Crippen molar-refractivity contribution in [1.29, 1.82) is 0 Å². The topological polar surface area (TPSA) is 90.5 Å². The fourth-order valence-electron chi connectivity index (χ4n) is 2.79. The third kappa shape index (κ3) is 5.78. The molecule has 3 rings (SSSR count). The molecule has 1 aliphatic rings. The average Bonchev–Trinajstić information content (AvgIpc) is 2.69. The highest BCUT2D eigenvalue weighted by Crippen LogP contribution is 2.12. The average molecular weight is 480 g/mol. The maximum Gasteiger partial charge on any atom is 0.319 e. The van der Waals surface area contributed by atoms with Crippen LogP contribution in [0.15, 0.2) is 42.7 Å². The molecule has 2 aromatic rings. The van der Waals surface area contributed by atoms with Gasteiger partial charge in [0, 0.05) is 60.8 Å². The van der Waals surface area contributed by atoms with Crippen molar-refractivity contribution in [1.82, 2.24) is 20.2 Å². The Balaban J connectivity index is 1.37. The van der Waals surface area contributed by atoms with Gasteiger partial charge in [0.1, 0.15) is 0 Å². The molecule has 0 saturated carbocycles. The van der Waals surface area contributed by atoms with Crippen LogP contribution < -0.4 is 15.5 Å². The van der Waals surface area contributed by atoms with Crippen molar-refractivity contribution in [3.63, 3.8) is 0 Å². The van der Waals surface area contributed by atoms with E-state index in [-0.39, 0.29) is 18.4 Å². The maximum atomic E-state index is 12.3. The van der Waals surface area contributed by atoms with Gasteiger partial charge in [-0.25, -0.2) is 14.8 Å². The normalized spacial score (nSPS) is 14.0. The van der Waals surface area contributed by atoms with E-state index in [4.69, 9.17) is 0 Å². The van der Waals surface area contributed by atoms with Crippen molar-refractivity contribution in [2.24, 2.45) is 0 Å². The van der Waals surface area contributed by atoms with E-state index in [9.17, 15) is 9.59 Å². The lowest BCUT2D eigenvalue weighted by molar-refractivity contribution is -0.131. The van der Waals surface area contributed by atoms with Gasteiger partial charge in [0.2, 0.25) is 11.9 Å². The zero-order valence-electron chi connectivity index (χ0n) is 14.8. The fraction of sp³-hybridized carbons (Fsp3) is 0.333. The maximum absolute atomic E-state index is 12.3. The minimum atomic E-state index is -0.309. The first kappa shape index (κ1) is 19.3. The van der Waals surface area contributed by atoms with Gasteiger partial charge in [-0.15, -0.1) is 0 Å². The molecule has 0 atom stereocenters. The minimum absolute atomic E-state index is 0.0400. The van der Waals surface area contributed by atoms with Gasteiger partial charge >= 0.3 is 6.03 Å². The molecule has 3 amide bonds. The van der Waals surface area contributed by atoms with Gasteiger partial charge in [0.05, 0.1) is 0 Å². The smallest absolute Gasteiger partial charge is 0.319 e. The molecule has 1 fully saturated rings. The van der Waals surface area contributed by atoms with Crippen molar-refractivity contribution < 1.29 is 9.59 Å². The fourth-order valence-corrected chi connectivity index (χ4v) is 3.34. The Hall–Kier alpha value is -2.43. The van der Waals surface area contributed by atoms with E-state index in [1.165, 1.54) is 0 Å². The molecule has 27 heavy (non-hydrogen) atoms. The summed E-state index contributed by atoms with van der Waals surface area (Å²) in [4.78, 5) is 36.6. The summed E-state index contributed by atoms with van der Waals surface area (Å²) >= 11 is 2.19. The highest BCUT2D eigenvalue weighted by Gasteiger charge is 2.22. The van der Waals surface area contributed by atoms with E-state index in [2.05, 4.69) is 48.1 Å². The number of hydrogen-bond acceptors (Lipinski definition) is 5. The van der Waals surface area contributed by atoms with E-state index in [1.54, 1.807) is 18.5 Å². The number of benzene rings is 1. The molecule has 1 saturated heterocycles. The molecule has 8 nitrogen and oxygen atoms in total. The lowest BCUT2D eigenvalue weighted by Crippen LogP contribution is -2.49. The number of urea groups is 1. The van der Waals surface area contributed by atoms with Crippen LogP contribution in [0.4, 0.5) is 16.4 Å². The van der Waals surface area contributed by atoms with E-state index in [0.717, 1.165) is 9.26 Å². The summed E-state index contributed by atoms with van der Waals surface area (Å²) in [5, 5.41) is 5.48. The number of nitrogens with one attached hydrogen (secondary N) is 2. The van der Waals surface area contributed by atoms with Crippen LogP contribution in [0.25, 0.3) is 0 Å². The number of carbonyl (C=O) groups excluding carboxylic acids is 2. The van der Waals surface area contributed by atoms with Gasteiger partial charge in [0.25, 0.3) is 0 Å². The number of piperazine rings is 1. The van der Waals surface area contributed by atoms with Crippen LogP contribution in [0.2, 0.25) is 0 Å². The molecule has 0 bridgehead atoms. The van der Waals surface area contributed by atoms with Crippen LogP contribution in [0.3, 0.4) is 0 Å². The van der Waals surface area contributed by atoms with E-state index < -0.39 is 0 Å². The molecule has 2 N–H and O–H groups in total. The molecule has 0 aliphatic carbocycles. The molecular formula is C18H21IN6O2. The van der Waals surface area contributed by atoms with Crippen molar-refractivity contribution in [3.8, 4) is 0 Å². The summed E-state index contributed by atoms with van der Waals surface area (Å²) in [7, 11) is 0. The van der Waals surface area contributed by atoms with Gasteiger partial charge in [-0.1, -0.05) is 6.07 Å². The first-order valence-electron chi connectivity index (χ1n) is 8.72. The highest BCUT2D eigenvalue weighted by atomic mass is 127. The van der Waals surface area contributed by atoms with Gasteiger partial charge in [-0.05, 0) is 46.9 Å². The Morgan fingerprint density at radius 2 is 1.81 bits per heavy atom. The zero-order chi connectivity index (χ0) is 19.1. The monoisotopic (exact) mass is 480 g/mol. The van der Waals surface area contributed by atoms with Crippen molar-refractivity contribution in [2.75, 3.05) is 42.9 Å². The van der Waals surface area contributed by atoms with Crippen LogP contribution in [0.1, 0.15) is 6.42 Å². The van der Waals surface area contributed by atoms with Crippen molar-refractivity contribution >= 4 is 46.2 Å². The second kappa shape index (κ2) is 9.49. The van der Waals surface area contributed by atoms with Crippen LogP contribution >= 0.6 is 22.6 Å². The van der Waals surface area contributed by atoms with Crippen LogP contribution in [-0.2, 0) is 4.79 Å². The predicted molar refractivity (Wildman–Crippen MR) is 112 cm³/mol. The third-order valence-electron chi connectivity index (χ3n) is 4.17. The molecule has 1 aromatic heterocycles. The largest absolute Gasteiger partial charge is 0.339 e. The number of hydrogen-bond donors (Lipinski definition) is 2.